The predicted octanol–water partition coefficient (Wildman–Crippen LogP) is 3.87. The summed E-state index contributed by atoms with van der Waals surface area (Å²) in [5.41, 5.74) is 2.19. The molecule has 0 fully saturated rings. The van der Waals surface area contributed by atoms with Crippen LogP contribution >= 0.6 is 11.3 Å². The fourth-order valence-electron chi connectivity index (χ4n) is 3.00. The molecule has 1 aromatic carbocycles. The van der Waals surface area contributed by atoms with E-state index >= 15 is 0 Å². The summed E-state index contributed by atoms with van der Waals surface area (Å²) in [5.74, 6) is -0.995. The Hall–Kier alpha value is -3.25. The van der Waals surface area contributed by atoms with Crippen molar-refractivity contribution in [1.29, 1.82) is 0 Å². The lowest BCUT2D eigenvalue weighted by Crippen LogP contribution is -2.19. The monoisotopic (exact) mass is 362 g/mol. The quantitative estimate of drug-likeness (QED) is 0.598. The summed E-state index contributed by atoms with van der Waals surface area (Å²) in [6, 6.07) is 16.3. The number of carboxylic acids is 1. The van der Waals surface area contributed by atoms with Gasteiger partial charge in [-0.15, -0.1) is 11.3 Å². The lowest BCUT2D eigenvalue weighted by Gasteiger charge is -2.07. The number of carboxylic acid groups (broad SMARTS) is 1. The molecule has 1 N–H and O–H groups in total. The summed E-state index contributed by atoms with van der Waals surface area (Å²) in [7, 11) is 0. The van der Waals surface area contributed by atoms with Crippen LogP contribution in [0.2, 0.25) is 0 Å². The molecule has 26 heavy (non-hydrogen) atoms. The van der Waals surface area contributed by atoms with Gasteiger partial charge in [-0.3, -0.25) is 14.3 Å². The lowest BCUT2D eigenvalue weighted by molar-refractivity contribution is 0.0703. The maximum absolute atomic E-state index is 12.5. The van der Waals surface area contributed by atoms with Crippen LogP contribution < -0.4 is 5.56 Å². The molecule has 0 unspecified atom stereocenters. The third kappa shape index (κ3) is 2.80. The van der Waals surface area contributed by atoms with Crippen molar-refractivity contribution >= 4 is 27.5 Å². The van der Waals surface area contributed by atoms with Crippen molar-refractivity contribution < 1.29 is 9.90 Å². The third-order valence-corrected chi connectivity index (χ3v) is 5.37. The third-order valence-electron chi connectivity index (χ3n) is 4.15. The summed E-state index contributed by atoms with van der Waals surface area (Å²) in [6.45, 7) is 0.345. The zero-order valence-electron chi connectivity index (χ0n) is 13.6. The number of hydrogen-bond donors (Lipinski definition) is 1. The van der Waals surface area contributed by atoms with E-state index in [9.17, 15) is 14.7 Å². The van der Waals surface area contributed by atoms with Crippen molar-refractivity contribution in [2.75, 3.05) is 0 Å². The highest BCUT2D eigenvalue weighted by atomic mass is 32.1. The molecule has 0 saturated carbocycles. The predicted molar refractivity (Wildman–Crippen MR) is 102 cm³/mol. The van der Waals surface area contributed by atoms with Crippen molar-refractivity contribution in [1.82, 2.24) is 9.55 Å². The van der Waals surface area contributed by atoms with Crippen LogP contribution in [0.15, 0.2) is 71.8 Å². The van der Waals surface area contributed by atoms with Gasteiger partial charge in [0.05, 0.1) is 6.54 Å². The van der Waals surface area contributed by atoms with E-state index < -0.39 is 5.97 Å². The first-order chi connectivity index (χ1) is 12.6. The number of hydrogen-bond acceptors (Lipinski definition) is 4. The molecular weight excluding hydrogens is 348 g/mol. The van der Waals surface area contributed by atoms with E-state index in [0.29, 0.717) is 16.9 Å². The number of aromatic nitrogens is 2. The molecule has 4 rings (SSSR count). The number of thiophene rings is 1. The van der Waals surface area contributed by atoms with E-state index in [2.05, 4.69) is 4.98 Å². The Labute approximate surface area is 152 Å². The van der Waals surface area contributed by atoms with E-state index in [1.807, 2.05) is 42.5 Å². The zero-order valence-corrected chi connectivity index (χ0v) is 14.4. The Balaban J connectivity index is 1.99. The molecule has 0 aliphatic carbocycles. The minimum Gasteiger partial charge on any atom is -0.477 e. The van der Waals surface area contributed by atoms with Gasteiger partial charge >= 0.3 is 5.97 Å². The van der Waals surface area contributed by atoms with Gasteiger partial charge in [-0.25, -0.2) is 4.79 Å². The van der Waals surface area contributed by atoms with Crippen LogP contribution in [0.1, 0.15) is 15.2 Å². The zero-order chi connectivity index (χ0) is 18.1. The summed E-state index contributed by atoms with van der Waals surface area (Å²) in [5, 5.41) is 10.5. The number of carbonyl (C=O) groups is 1. The van der Waals surface area contributed by atoms with Crippen molar-refractivity contribution in [3.8, 4) is 11.1 Å². The number of pyridine rings is 2. The van der Waals surface area contributed by atoms with Gasteiger partial charge in [0.25, 0.3) is 5.56 Å². The summed E-state index contributed by atoms with van der Waals surface area (Å²) < 4.78 is 1.61. The summed E-state index contributed by atoms with van der Waals surface area (Å²) >= 11 is 1.13. The van der Waals surface area contributed by atoms with Gasteiger partial charge in [0, 0.05) is 29.4 Å². The normalized spacial score (nSPS) is 10.9. The van der Waals surface area contributed by atoms with E-state index in [0.717, 1.165) is 27.8 Å². The highest BCUT2D eigenvalue weighted by Crippen LogP contribution is 2.38. The first-order valence-electron chi connectivity index (χ1n) is 7.99. The maximum atomic E-state index is 12.5. The topological polar surface area (TPSA) is 72.2 Å². The molecule has 0 saturated heterocycles. The Kier molecular flexibility index (Phi) is 4.10. The number of benzene rings is 1. The van der Waals surface area contributed by atoms with Gasteiger partial charge in [0.1, 0.15) is 9.71 Å². The molecule has 3 heterocycles. The second-order valence-corrected chi connectivity index (χ2v) is 6.81. The minimum absolute atomic E-state index is 0.167. The Morgan fingerprint density at radius 2 is 1.88 bits per heavy atom. The largest absolute Gasteiger partial charge is 0.477 e. The smallest absolute Gasteiger partial charge is 0.346 e. The van der Waals surface area contributed by atoms with Crippen molar-refractivity contribution in [3.05, 3.63) is 87.8 Å². The van der Waals surface area contributed by atoms with E-state index in [1.54, 1.807) is 23.0 Å². The molecular formula is C20H14N2O3S. The van der Waals surface area contributed by atoms with Gasteiger partial charge in [-0.2, -0.15) is 0 Å². The average molecular weight is 362 g/mol. The van der Waals surface area contributed by atoms with Gasteiger partial charge in [-0.1, -0.05) is 36.4 Å². The van der Waals surface area contributed by atoms with E-state index in [4.69, 9.17) is 0 Å². The van der Waals surface area contributed by atoms with Crippen LogP contribution in [0.5, 0.6) is 0 Å². The molecule has 0 aliphatic heterocycles. The van der Waals surface area contributed by atoms with Crippen LogP contribution in [0.25, 0.3) is 21.3 Å². The molecule has 128 valence electrons. The molecule has 5 nitrogen and oxygen atoms in total. The fraction of sp³-hybridized carbons (Fsp3) is 0.0500. The van der Waals surface area contributed by atoms with Gasteiger partial charge < -0.3 is 5.11 Å². The maximum Gasteiger partial charge on any atom is 0.346 e. The molecule has 0 radical (unpaired) electrons. The molecule has 4 aromatic rings. The highest BCUT2D eigenvalue weighted by molar-refractivity contribution is 7.21. The van der Waals surface area contributed by atoms with Crippen LogP contribution in [0.4, 0.5) is 0 Å². The number of rotatable bonds is 4. The number of fused-ring (bicyclic) bond motifs is 1. The van der Waals surface area contributed by atoms with Gasteiger partial charge in [0.2, 0.25) is 0 Å². The Morgan fingerprint density at radius 3 is 2.58 bits per heavy atom. The van der Waals surface area contributed by atoms with E-state index in [-0.39, 0.29) is 10.4 Å². The number of nitrogens with zero attached hydrogens (tertiary/aromatic N) is 2. The first kappa shape index (κ1) is 16.2. The molecule has 0 atom stereocenters. The molecule has 3 aromatic heterocycles. The summed E-state index contributed by atoms with van der Waals surface area (Å²) in [6.07, 6.45) is 3.38. The van der Waals surface area contributed by atoms with Crippen molar-refractivity contribution in [3.63, 3.8) is 0 Å². The standard InChI is InChI=1S/C20H14N2O3S/c23-16-9-8-15-17(14-6-2-1-3-7-14)18(20(24)25)26-19(15)22(16)12-13-5-4-10-21-11-13/h1-11H,12H2,(H,24,25). The van der Waals surface area contributed by atoms with Crippen LogP contribution in [0.3, 0.4) is 0 Å². The van der Waals surface area contributed by atoms with Crippen molar-refractivity contribution in [2.45, 2.75) is 6.54 Å². The lowest BCUT2D eigenvalue weighted by atomic mass is 10.0. The number of aromatic carboxylic acids is 1. The Bertz CT molecular complexity index is 1150. The fourth-order valence-corrected chi connectivity index (χ4v) is 4.15. The second-order valence-electron chi connectivity index (χ2n) is 5.82. The first-order valence-corrected chi connectivity index (χ1v) is 8.81. The van der Waals surface area contributed by atoms with Crippen molar-refractivity contribution in [2.24, 2.45) is 0 Å². The second kappa shape index (κ2) is 6.57. The van der Waals surface area contributed by atoms with Gasteiger partial charge in [-0.05, 0) is 23.3 Å². The highest BCUT2D eigenvalue weighted by Gasteiger charge is 2.21. The van der Waals surface area contributed by atoms with Crippen LogP contribution in [-0.4, -0.2) is 20.6 Å². The van der Waals surface area contributed by atoms with Gasteiger partial charge in [0.15, 0.2) is 0 Å². The van der Waals surface area contributed by atoms with Crippen LogP contribution in [0, 0.1) is 0 Å². The average Bonchev–Trinajstić information content (AvgIpc) is 3.06. The molecule has 0 bridgehead atoms. The van der Waals surface area contributed by atoms with E-state index in [1.165, 1.54) is 6.07 Å². The SMILES string of the molecule is O=C(O)c1sc2c(ccc(=O)n2Cc2cccnc2)c1-c1ccccc1. The molecule has 6 heteroatoms. The Morgan fingerprint density at radius 1 is 1.08 bits per heavy atom. The summed E-state index contributed by atoms with van der Waals surface area (Å²) in [4.78, 5) is 29.3. The molecule has 0 spiro atoms. The minimum atomic E-state index is -0.995. The molecule has 0 aliphatic rings. The van der Waals surface area contributed by atoms with Crippen LogP contribution in [-0.2, 0) is 6.54 Å². The molecule has 0 amide bonds.